The van der Waals surface area contributed by atoms with Gasteiger partial charge in [0.1, 0.15) is 12.2 Å². The number of aliphatic carboxylic acids is 1. The molecule has 0 aliphatic rings. The average molecular weight is 273 g/mol. The summed E-state index contributed by atoms with van der Waals surface area (Å²) in [6, 6.07) is 9.25. The van der Waals surface area contributed by atoms with Gasteiger partial charge in [-0.05, 0) is 11.5 Å². The number of carbonyl (C=O) groups is 1. The summed E-state index contributed by atoms with van der Waals surface area (Å²) in [4.78, 5) is 15.7. The van der Waals surface area contributed by atoms with Gasteiger partial charge in [0, 0.05) is 13.0 Å². The van der Waals surface area contributed by atoms with Crippen molar-refractivity contribution in [3.63, 3.8) is 0 Å². The van der Waals surface area contributed by atoms with Crippen LogP contribution in [0.3, 0.4) is 0 Å². The molecule has 0 radical (unpaired) electrons. The molecule has 0 spiro atoms. The van der Waals surface area contributed by atoms with Crippen molar-refractivity contribution in [1.82, 2.24) is 14.8 Å². The first-order valence-corrected chi connectivity index (χ1v) is 6.72. The fourth-order valence-electron chi connectivity index (χ4n) is 2.16. The van der Waals surface area contributed by atoms with Gasteiger partial charge >= 0.3 is 5.97 Å². The van der Waals surface area contributed by atoms with E-state index in [-0.39, 0.29) is 0 Å². The van der Waals surface area contributed by atoms with Gasteiger partial charge in [0.15, 0.2) is 0 Å². The number of benzene rings is 1. The van der Waals surface area contributed by atoms with Gasteiger partial charge in [-0.2, -0.15) is 5.10 Å². The van der Waals surface area contributed by atoms with Gasteiger partial charge < -0.3 is 5.11 Å². The summed E-state index contributed by atoms with van der Waals surface area (Å²) >= 11 is 0. The smallest absolute Gasteiger partial charge is 0.311 e. The van der Waals surface area contributed by atoms with Crippen molar-refractivity contribution in [2.45, 2.75) is 32.7 Å². The molecule has 1 unspecified atom stereocenters. The number of hydrogen-bond donors (Lipinski definition) is 1. The largest absolute Gasteiger partial charge is 0.481 e. The summed E-state index contributed by atoms with van der Waals surface area (Å²) in [6.07, 6.45) is 1.84. The van der Waals surface area contributed by atoms with Crippen molar-refractivity contribution in [3.05, 3.63) is 48.0 Å². The number of carboxylic acids is 1. The summed E-state index contributed by atoms with van der Waals surface area (Å²) in [5.74, 6) is -0.271. The predicted octanol–water partition coefficient (Wildman–Crippen LogP) is 2.35. The maximum Gasteiger partial charge on any atom is 0.311 e. The Hall–Kier alpha value is -2.17. The zero-order valence-electron chi connectivity index (χ0n) is 11.7. The maximum absolute atomic E-state index is 11.5. The second-order valence-electron chi connectivity index (χ2n) is 5.26. The highest BCUT2D eigenvalue weighted by Gasteiger charge is 2.22. The molecule has 106 valence electrons. The first-order chi connectivity index (χ1) is 9.58. The molecule has 20 heavy (non-hydrogen) atoms. The first-order valence-electron chi connectivity index (χ1n) is 6.72. The number of carboxylic acid groups (broad SMARTS) is 1. The van der Waals surface area contributed by atoms with E-state index in [1.54, 1.807) is 4.68 Å². The molecule has 1 aromatic heterocycles. The van der Waals surface area contributed by atoms with E-state index >= 15 is 0 Å². The summed E-state index contributed by atoms with van der Waals surface area (Å²) in [7, 11) is 0. The Bertz CT molecular complexity index is 564. The molecular weight excluding hydrogens is 254 g/mol. The highest BCUT2D eigenvalue weighted by Crippen LogP contribution is 2.20. The third-order valence-corrected chi connectivity index (χ3v) is 3.12. The molecule has 2 aromatic rings. The van der Waals surface area contributed by atoms with Crippen molar-refractivity contribution >= 4 is 5.97 Å². The Morgan fingerprint density at radius 3 is 2.60 bits per heavy atom. The zero-order valence-corrected chi connectivity index (χ0v) is 11.7. The number of rotatable bonds is 6. The lowest BCUT2D eigenvalue weighted by Crippen LogP contribution is -2.18. The van der Waals surface area contributed by atoms with Gasteiger partial charge in [-0.25, -0.2) is 9.67 Å². The third-order valence-electron chi connectivity index (χ3n) is 3.12. The molecule has 1 aromatic carbocycles. The number of hydrogen-bond acceptors (Lipinski definition) is 3. The van der Waals surface area contributed by atoms with E-state index in [2.05, 4.69) is 23.9 Å². The van der Waals surface area contributed by atoms with Crippen LogP contribution in [0.1, 0.15) is 31.2 Å². The van der Waals surface area contributed by atoms with Crippen LogP contribution in [-0.4, -0.2) is 25.8 Å². The van der Waals surface area contributed by atoms with Gasteiger partial charge in [0.25, 0.3) is 0 Å². The monoisotopic (exact) mass is 273 g/mol. The average Bonchev–Trinajstić information content (AvgIpc) is 2.83. The van der Waals surface area contributed by atoms with Crippen LogP contribution in [0.2, 0.25) is 0 Å². The fraction of sp³-hybridized carbons (Fsp3) is 0.400. The van der Waals surface area contributed by atoms with Gasteiger partial charge in [-0.15, -0.1) is 0 Å². The Balaban J connectivity index is 2.21. The Morgan fingerprint density at radius 2 is 2.00 bits per heavy atom. The highest BCUT2D eigenvalue weighted by atomic mass is 16.4. The Morgan fingerprint density at radius 1 is 1.30 bits per heavy atom. The Kier molecular flexibility index (Phi) is 4.50. The topological polar surface area (TPSA) is 68.0 Å². The minimum absolute atomic E-state index is 0.353. The lowest BCUT2D eigenvalue weighted by atomic mass is 9.95. The van der Waals surface area contributed by atoms with Crippen molar-refractivity contribution in [1.29, 1.82) is 0 Å². The van der Waals surface area contributed by atoms with E-state index in [0.717, 1.165) is 17.9 Å². The zero-order chi connectivity index (χ0) is 14.5. The van der Waals surface area contributed by atoms with Crippen LogP contribution in [0.15, 0.2) is 36.7 Å². The van der Waals surface area contributed by atoms with Gasteiger partial charge in [-0.1, -0.05) is 44.2 Å². The quantitative estimate of drug-likeness (QED) is 0.877. The molecule has 5 nitrogen and oxygen atoms in total. The summed E-state index contributed by atoms with van der Waals surface area (Å²) < 4.78 is 1.80. The van der Waals surface area contributed by atoms with Gasteiger partial charge in [-0.3, -0.25) is 4.79 Å². The van der Waals surface area contributed by atoms with Crippen molar-refractivity contribution in [3.8, 4) is 0 Å². The van der Waals surface area contributed by atoms with Crippen molar-refractivity contribution in [2.24, 2.45) is 5.92 Å². The molecule has 0 aliphatic carbocycles. The molecule has 1 atom stereocenters. The van der Waals surface area contributed by atoms with Crippen LogP contribution in [0.5, 0.6) is 0 Å². The number of aromatic nitrogens is 3. The number of nitrogens with zero attached hydrogens (tertiary/aromatic N) is 3. The standard InChI is InChI=1S/C15H19N3O2/c1-11(2)9-18-14(16-10-17-18)8-13(15(19)20)12-6-4-3-5-7-12/h3-7,10-11,13H,8-9H2,1-2H3,(H,19,20). The SMILES string of the molecule is CC(C)Cn1ncnc1CC(C(=O)O)c1ccccc1. The predicted molar refractivity (Wildman–Crippen MR) is 75.4 cm³/mol. The molecule has 0 saturated heterocycles. The second kappa shape index (κ2) is 6.32. The molecular formula is C15H19N3O2. The van der Waals surface area contributed by atoms with E-state index in [0.29, 0.717) is 12.3 Å². The molecule has 5 heteroatoms. The molecule has 2 rings (SSSR count). The van der Waals surface area contributed by atoms with Crippen LogP contribution in [-0.2, 0) is 17.8 Å². The van der Waals surface area contributed by atoms with Crippen LogP contribution in [0.4, 0.5) is 0 Å². The molecule has 0 amide bonds. The van der Waals surface area contributed by atoms with E-state index in [1.165, 1.54) is 6.33 Å². The summed E-state index contributed by atoms with van der Waals surface area (Å²) in [5.41, 5.74) is 0.791. The van der Waals surface area contributed by atoms with E-state index < -0.39 is 11.9 Å². The summed E-state index contributed by atoms with van der Waals surface area (Å²) in [5, 5.41) is 13.6. The normalized spacial score (nSPS) is 12.6. The van der Waals surface area contributed by atoms with E-state index in [4.69, 9.17) is 0 Å². The van der Waals surface area contributed by atoms with Crippen LogP contribution < -0.4 is 0 Å². The van der Waals surface area contributed by atoms with Crippen molar-refractivity contribution in [2.75, 3.05) is 0 Å². The van der Waals surface area contributed by atoms with Crippen LogP contribution in [0.25, 0.3) is 0 Å². The summed E-state index contributed by atoms with van der Waals surface area (Å²) in [6.45, 7) is 4.94. The Labute approximate surface area is 118 Å². The maximum atomic E-state index is 11.5. The third kappa shape index (κ3) is 3.44. The molecule has 0 aliphatic heterocycles. The molecule has 0 bridgehead atoms. The first kappa shape index (κ1) is 14.2. The second-order valence-corrected chi connectivity index (χ2v) is 5.26. The van der Waals surface area contributed by atoms with Crippen LogP contribution >= 0.6 is 0 Å². The minimum atomic E-state index is -0.838. The lowest BCUT2D eigenvalue weighted by Gasteiger charge is -2.14. The molecule has 0 saturated carbocycles. The molecule has 1 heterocycles. The lowest BCUT2D eigenvalue weighted by molar-refractivity contribution is -0.138. The van der Waals surface area contributed by atoms with Crippen molar-refractivity contribution < 1.29 is 9.90 Å². The van der Waals surface area contributed by atoms with Gasteiger partial charge in [0.05, 0.1) is 5.92 Å². The molecule has 0 fully saturated rings. The van der Waals surface area contributed by atoms with Gasteiger partial charge in [0.2, 0.25) is 0 Å². The van der Waals surface area contributed by atoms with Crippen LogP contribution in [0, 0.1) is 5.92 Å². The minimum Gasteiger partial charge on any atom is -0.481 e. The molecule has 1 N–H and O–H groups in total. The van der Waals surface area contributed by atoms with E-state index in [1.807, 2.05) is 30.3 Å². The fourth-order valence-corrected chi connectivity index (χ4v) is 2.16. The highest BCUT2D eigenvalue weighted by molar-refractivity contribution is 5.76. The van der Waals surface area contributed by atoms with E-state index in [9.17, 15) is 9.90 Å².